The Hall–Kier alpha value is -8.18. The molecule has 8 amide bonds. The number of alkyl carbamates (subject to hydrolysis) is 1. The van der Waals surface area contributed by atoms with Crippen LogP contribution in [0.5, 0.6) is 17.2 Å². The molecule has 0 spiro atoms. The molecule has 16 N–H and O–H groups in total. The molecule has 4 fully saturated rings. The smallest absolute Gasteiger partial charge is 0.411 e. The molecule has 0 radical (unpaired) electrons. The molecule has 4 saturated heterocycles. The number of likely N-dealkylation sites (N-methyl/N-ethyl adjacent to an activating group) is 1. The van der Waals surface area contributed by atoms with Crippen LogP contribution < -0.4 is 63.1 Å². The van der Waals surface area contributed by atoms with Gasteiger partial charge in [0.1, 0.15) is 66.6 Å². The predicted molar refractivity (Wildman–Crippen MR) is 482 cm³/mol. The Kier molecular flexibility index (Phi) is 42.3. The molecule has 0 aromatic heterocycles. The van der Waals surface area contributed by atoms with E-state index in [1.165, 1.54) is 74.0 Å². The number of urea groups is 1. The number of anilines is 1. The average Bonchev–Trinajstić information content (AvgIpc) is 0.747. The molecule has 23 atom stereocenters. The van der Waals surface area contributed by atoms with Crippen LogP contribution in [0, 0.1) is 40.1 Å². The molecule has 1 unspecified atom stereocenters. The van der Waals surface area contributed by atoms with Crippen molar-refractivity contribution in [3.8, 4) is 40.9 Å². The summed E-state index contributed by atoms with van der Waals surface area (Å²) in [4.78, 5) is 142. The zero-order valence-corrected chi connectivity index (χ0v) is 79.7. The highest BCUT2D eigenvalue weighted by atomic mass is 127. The normalized spacial score (nSPS) is 27.8. The van der Waals surface area contributed by atoms with Crippen molar-refractivity contribution >= 4 is 120 Å². The van der Waals surface area contributed by atoms with Gasteiger partial charge in [-0.2, -0.15) is 5.48 Å². The number of aliphatic hydroxyl groups excluding tert-OH is 4. The number of ketones is 1. The van der Waals surface area contributed by atoms with Crippen LogP contribution >= 0.6 is 55.9 Å². The minimum Gasteiger partial charge on any atom is -0.492 e. The van der Waals surface area contributed by atoms with Crippen molar-refractivity contribution in [3.63, 3.8) is 0 Å². The average molecular weight is 2000 g/mol. The van der Waals surface area contributed by atoms with E-state index < -0.39 is 215 Å². The van der Waals surface area contributed by atoms with Crippen LogP contribution in [0.3, 0.4) is 0 Å². The standard InChI is InChI=1S/C86H121IN10O30S3/c1-16-97(85(111)120-40-49-28-30-50(31-29-49)92-76(104)53(26-24-35-90-83(89)109)93-78(106)64(42(3)4)94-77(105)52(91-48(10)98)25-21-23-34-88)54-41-119-59(38-58(54)113-11)125-73-68(102)65(44(6)122-82(73)124-57-27-20-18-19-22-33-86(112)39-56(100)66(95-84(110)117-15)62(57)51(86)32-36-128-130-47(9)79(107)118-17-2)96-127-60-37-55(99)75(46(8)121-60)129-80(108)61-43(5)63(87)71(74(116-14)70(61)114-12)126-81-69(103)72(115-13)67(101)45(7)123-81/h18-19,28-32,42,44-47,52-55,57-60,64-65,67-69,72-73,75,81-82,96,99,101-103,112H,16-17,21,23-26,34-41,88H2,1-15H3,(H,91,98)(H,92,104)(H,93,106)(H,94,105)(H,95,110)(H3,89,90,109)/b19-18?,51-32+/t44-,45+,46-,47?,52+,53+,54+,55+,57+,58+,59+,60+,64+,65-,67+,68+,69-,72-,73-,75-,81+,82+,86+/m1/s1. The number of allylic oxidation sites excluding steroid dienone is 3. The van der Waals surface area contributed by atoms with Crippen LogP contribution in [0.25, 0.3) is 0 Å². The molecule has 720 valence electrons. The molecule has 44 heteroatoms. The molecular weight excluding hydrogens is 1880 g/mol. The second kappa shape index (κ2) is 51.3. The summed E-state index contributed by atoms with van der Waals surface area (Å²) in [6, 6.07) is 0.0881. The van der Waals surface area contributed by atoms with E-state index in [1.807, 2.05) is 22.6 Å². The summed E-state index contributed by atoms with van der Waals surface area (Å²) in [5, 5.41) is 73.2. The minimum atomic E-state index is -2.27. The number of nitrogens with two attached hydrogens (primary N) is 2. The van der Waals surface area contributed by atoms with Crippen molar-refractivity contribution in [2.75, 3.05) is 79.5 Å². The van der Waals surface area contributed by atoms with Crippen molar-refractivity contribution in [3.05, 3.63) is 79.6 Å². The molecule has 4 heterocycles. The largest absolute Gasteiger partial charge is 0.492 e. The molecule has 2 aromatic carbocycles. The molecule has 4 aliphatic heterocycles. The van der Waals surface area contributed by atoms with Gasteiger partial charge in [0.15, 0.2) is 41.8 Å². The van der Waals surface area contributed by atoms with Gasteiger partial charge >= 0.3 is 24.2 Å². The number of primary amides is 1. The summed E-state index contributed by atoms with van der Waals surface area (Å²) in [7, 11) is 8.84. The lowest BCUT2D eigenvalue weighted by Gasteiger charge is -2.47. The van der Waals surface area contributed by atoms with Crippen molar-refractivity contribution in [1.29, 1.82) is 0 Å². The molecule has 2 aliphatic carbocycles. The highest BCUT2D eigenvalue weighted by Gasteiger charge is 2.53. The second-order valence-corrected chi connectivity index (χ2v) is 36.5. The lowest BCUT2D eigenvalue weighted by molar-refractivity contribution is -0.337. The number of hydrogen-bond donors (Lipinski definition) is 14. The third-order valence-corrected chi connectivity index (χ3v) is 27.3. The number of benzene rings is 2. The fourth-order valence-corrected chi connectivity index (χ4v) is 18.9. The van der Waals surface area contributed by atoms with Crippen LogP contribution in [0.4, 0.5) is 20.1 Å². The first-order valence-corrected chi connectivity index (χ1v) is 46.8. The van der Waals surface area contributed by atoms with Gasteiger partial charge in [-0.05, 0) is 151 Å². The predicted octanol–water partition coefficient (Wildman–Crippen LogP) is 3.57. The summed E-state index contributed by atoms with van der Waals surface area (Å²) < 4.78 is 84.8. The van der Waals surface area contributed by atoms with Crippen molar-refractivity contribution < 1.29 is 145 Å². The number of aliphatic hydroxyl groups is 5. The summed E-state index contributed by atoms with van der Waals surface area (Å²) in [5.41, 5.74) is 12.2. The Balaban J connectivity index is 1.02. The van der Waals surface area contributed by atoms with E-state index in [0.29, 0.717) is 34.1 Å². The van der Waals surface area contributed by atoms with Gasteiger partial charge in [0.25, 0.3) is 0 Å². The van der Waals surface area contributed by atoms with Crippen molar-refractivity contribution in [1.82, 2.24) is 37.0 Å². The topological polar surface area (TPSA) is 550 Å². The third kappa shape index (κ3) is 28.5. The van der Waals surface area contributed by atoms with Crippen LogP contribution in [-0.2, 0) is 92.3 Å². The van der Waals surface area contributed by atoms with Crippen molar-refractivity contribution in [2.45, 2.75) is 266 Å². The number of methoxy groups -OCH3 is 5. The lowest BCUT2D eigenvalue weighted by Crippen LogP contribution is -2.65. The molecule has 40 nitrogen and oxygen atoms in total. The number of carbonyl (C=O) groups is 10. The van der Waals surface area contributed by atoms with E-state index in [0.717, 1.165) is 18.9 Å². The summed E-state index contributed by atoms with van der Waals surface area (Å²) >= 11 is 2.74. The first kappa shape index (κ1) is 107. The van der Waals surface area contributed by atoms with Gasteiger partial charge in [-0.3, -0.25) is 43.7 Å². The highest BCUT2D eigenvalue weighted by molar-refractivity contribution is 14.1. The number of halogens is 1. The molecule has 2 bridgehead atoms. The number of Topliss-reactive ketones (excluding diaryl/α,β-unsaturated/α-hetero) is 1. The first-order chi connectivity index (χ1) is 61.9. The number of nitrogens with zero attached hydrogens (tertiary/aromatic N) is 1. The van der Waals surface area contributed by atoms with E-state index in [-0.39, 0.29) is 110 Å². The number of ether oxygens (including phenoxy) is 14. The summed E-state index contributed by atoms with van der Waals surface area (Å²) in [6.07, 6.45) is -16.6. The van der Waals surface area contributed by atoms with Gasteiger partial charge in [-0.15, -0.1) is 0 Å². The number of hydrogen-bond acceptors (Lipinski definition) is 35. The lowest BCUT2D eigenvalue weighted by atomic mass is 9.75. The zero-order valence-electron chi connectivity index (χ0n) is 75.1. The summed E-state index contributed by atoms with van der Waals surface area (Å²) in [5.74, 6) is 7.28. The Morgan fingerprint density at radius 3 is 2.10 bits per heavy atom. The highest BCUT2D eigenvalue weighted by Crippen LogP contribution is 2.50. The number of nitrogens with one attached hydrogen (secondary N) is 7. The second-order valence-electron chi connectivity index (χ2n) is 31.5. The van der Waals surface area contributed by atoms with Gasteiger partial charge in [-0.1, -0.05) is 89.1 Å². The van der Waals surface area contributed by atoms with Crippen LogP contribution in [0.15, 0.2) is 59.3 Å². The Morgan fingerprint density at radius 1 is 0.769 bits per heavy atom. The van der Waals surface area contributed by atoms with E-state index in [9.17, 15) is 73.5 Å². The maximum absolute atomic E-state index is 14.7. The number of rotatable bonds is 42. The monoisotopic (exact) mass is 2000 g/mol. The van der Waals surface area contributed by atoms with E-state index in [1.54, 1.807) is 92.7 Å². The fourth-order valence-electron chi connectivity index (χ4n) is 15.2. The number of thioether (sulfide) groups is 1. The van der Waals surface area contributed by atoms with Gasteiger partial charge in [0.05, 0.1) is 104 Å². The van der Waals surface area contributed by atoms with Crippen LogP contribution in [0.2, 0.25) is 0 Å². The number of fused-ring (bicyclic) bond motifs is 2. The van der Waals surface area contributed by atoms with Crippen LogP contribution in [-0.4, -0.2) is 302 Å². The van der Waals surface area contributed by atoms with E-state index in [2.05, 4.69) is 61.1 Å². The summed E-state index contributed by atoms with van der Waals surface area (Å²) in [6.45, 7) is 16.3. The SMILES string of the molecule is CCOC(=O)C(C)SSC/C=C1\C2=C(NC(=O)OC)C(=O)C[C@@]1(O)C#CC=CC#C[C@@H]2O[C@@H]1O[C@H](C)[C@@H](NO[C@H]2C[C@H](O)[C@H](SC(=O)c3c(C)c(I)c(O[C@@H]4O[C@@H](C)[C@H](O)[C@@H](OC)[C@H]4O)c(OC)c3OC)[C@@H](C)O2)[C@H](O)[C@H]1O[C@H]1C[C@H](OC)[C@@H](N(CC)C(=O)OCc2ccc(NC(=O)[C@H](CCCNC(N)=O)NC(=O)[C@@H](NC(=O)[C@H](CCCCN)NC(C)=O)C(C)C)cc2)CO1. The zero-order chi connectivity index (χ0) is 95.5. The van der Waals surface area contributed by atoms with Crippen LogP contribution in [0.1, 0.15) is 135 Å². The van der Waals surface area contributed by atoms with Gasteiger partial charge in [0, 0.05) is 69.7 Å². The fraction of sp³-hybridized carbons (Fsp3) is 0.628. The van der Waals surface area contributed by atoms with Gasteiger partial charge in [0.2, 0.25) is 40.8 Å². The van der Waals surface area contributed by atoms with Gasteiger partial charge < -0.3 is 135 Å². The maximum Gasteiger partial charge on any atom is 0.411 e. The number of amides is 8. The number of esters is 1. The molecule has 130 heavy (non-hydrogen) atoms. The number of carbonyl (C=O) groups excluding carboxylic acids is 10. The first-order valence-electron chi connectivity index (χ1n) is 42.5. The molecule has 2 aromatic rings. The molecular formula is C86H121IN10O30S3. The quantitative estimate of drug-likeness (QED) is 0.00859. The molecule has 8 rings (SSSR count). The number of hydroxylamine groups is 1. The van der Waals surface area contributed by atoms with Gasteiger partial charge in [-0.25, -0.2) is 14.4 Å². The minimum absolute atomic E-state index is 0.0189. The molecule has 6 aliphatic rings. The Morgan fingerprint density at radius 2 is 1.46 bits per heavy atom. The molecule has 0 saturated carbocycles. The Bertz CT molecular complexity index is 4480. The maximum atomic E-state index is 14.7. The Labute approximate surface area is 780 Å². The third-order valence-electron chi connectivity index (χ3n) is 22.0. The van der Waals surface area contributed by atoms with Crippen molar-refractivity contribution in [2.24, 2.45) is 17.4 Å². The van der Waals surface area contributed by atoms with E-state index in [4.69, 9.17) is 82.6 Å². The van der Waals surface area contributed by atoms with E-state index >= 15 is 0 Å². The number of unbranched alkanes of at least 4 members (excludes halogenated alkanes) is 1.